The zero-order chi connectivity index (χ0) is 21.3. The number of rotatable bonds is 5. The summed E-state index contributed by atoms with van der Waals surface area (Å²) in [5.74, 6) is -0.216. The van der Waals surface area contributed by atoms with E-state index >= 15 is 0 Å². The number of hydrogen-bond donors (Lipinski definition) is 1. The molecule has 1 fully saturated rings. The molecule has 1 saturated heterocycles. The fraction of sp³-hybridized carbons (Fsp3) is 0.348. The van der Waals surface area contributed by atoms with E-state index < -0.39 is 16.0 Å². The Labute approximate surface area is 189 Å². The maximum Gasteiger partial charge on any atom is 0.356 e. The molecule has 0 atom stereocenters. The highest BCUT2D eigenvalue weighted by molar-refractivity contribution is 7.90. The number of carbonyl (C=O) groups is 1. The number of nitrogens with one attached hydrogen (secondary N) is 1. The Bertz CT molecular complexity index is 1180. The van der Waals surface area contributed by atoms with E-state index in [0.29, 0.717) is 11.4 Å². The van der Waals surface area contributed by atoms with Crippen LogP contribution in [0.3, 0.4) is 0 Å². The first-order valence-corrected chi connectivity index (χ1v) is 11.7. The number of carbonyl (C=O) groups excluding carboxylic acids is 1. The number of aromatic nitrogens is 1. The summed E-state index contributed by atoms with van der Waals surface area (Å²) >= 11 is 0. The predicted octanol–water partition coefficient (Wildman–Crippen LogP) is 4.25. The van der Waals surface area contributed by atoms with Crippen molar-refractivity contribution in [1.29, 1.82) is 0 Å². The summed E-state index contributed by atoms with van der Waals surface area (Å²) in [4.78, 5) is 12.8. The normalized spacial score (nSPS) is 14.9. The van der Waals surface area contributed by atoms with Crippen LogP contribution in [0.15, 0.2) is 53.4 Å². The minimum Gasteiger partial charge on any atom is -0.461 e. The number of fused-ring (bicyclic) bond motifs is 1. The standard InChI is InChI=1S/C23H26N2O4S.ClH/c1-3-29-23(26)22-15-19-14-18(17-10-12-24-13-11-17)6-9-21(19)25(22)30(27,28)20-7-4-16(2)5-8-20;/h4-9,14-15,17,24H,3,10-13H2,1-2H3;1H. The summed E-state index contributed by atoms with van der Waals surface area (Å²) in [5, 5.41) is 4.09. The highest BCUT2D eigenvalue weighted by Gasteiger charge is 2.28. The van der Waals surface area contributed by atoms with Crippen LogP contribution in [-0.2, 0) is 14.8 Å². The molecule has 6 nitrogen and oxygen atoms in total. The monoisotopic (exact) mass is 462 g/mol. The van der Waals surface area contributed by atoms with Gasteiger partial charge >= 0.3 is 5.97 Å². The van der Waals surface area contributed by atoms with E-state index in [0.717, 1.165) is 40.9 Å². The Hall–Kier alpha value is -2.35. The number of ether oxygens (including phenoxy) is 1. The summed E-state index contributed by atoms with van der Waals surface area (Å²) in [6, 6.07) is 14.0. The summed E-state index contributed by atoms with van der Waals surface area (Å²) in [6.07, 6.45) is 2.08. The molecule has 0 radical (unpaired) electrons. The highest BCUT2D eigenvalue weighted by atomic mass is 35.5. The molecule has 1 aliphatic rings. The largest absolute Gasteiger partial charge is 0.461 e. The van der Waals surface area contributed by atoms with Crippen LogP contribution in [0.25, 0.3) is 10.9 Å². The Kier molecular flexibility index (Phi) is 7.09. The van der Waals surface area contributed by atoms with E-state index in [4.69, 9.17) is 4.74 Å². The van der Waals surface area contributed by atoms with E-state index in [1.165, 1.54) is 5.56 Å². The van der Waals surface area contributed by atoms with Crippen LogP contribution in [-0.4, -0.2) is 38.1 Å². The van der Waals surface area contributed by atoms with Gasteiger partial charge < -0.3 is 10.1 Å². The molecule has 31 heavy (non-hydrogen) atoms. The van der Waals surface area contributed by atoms with E-state index in [-0.39, 0.29) is 29.6 Å². The van der Waals surface area contributed by atoms with Crippen molar-refractivity contribution in [2.24, 2.45) is 0 Å². The molecule has 1 aliphatic heterocycles. The summed E-state index contributed by atoms with van der Waals surface area (Å²) in [5.41, 5.74) is 2.64. The minimum absolute atomic E-state index is 0. The number of hydrogen-bond acceptors (Lipinski definition) is 5. The second-order valence-corrected chi connectivity index (χ2v) is 9.46. The molecule has 0 bridgehead atoms. The third-order valence-corrected chi connectivity index (χ3v) is 7.38. The Morgan fingerprint density at radius 2 is 1.77 bits per heavy atom. The summed E-state index contributed by atoms with van der Waals surface area (Å²) in [6.45, 7) is 5.72. The van der Waals surface area contributed by atoms with Crippen LogP contribution in [0, 0.1) is 6.92 Å². The van der Waals surface area contributed by atoms with Crippen LogP contribution in [0.1, 0.15) is 47.3 Å². The second-order valence-electron chi connectivity index (χ2n) is 7.68. The molecule has 166 valence electrons. The number of benzene rings is 2. The fourth-order valence-corrected chi connectivity index (χ4v) is 5.54. The maximum atomic E-state index is 13.5. The van der Waals surface area contributed by atoms with Crippen LogP contribution in [0.5, 0.6) is 0 Å². The summed E-state index contributed by atoms with van der Waals surface area (Å²) < 4.78 is 33.3. The van der Waals surface area contributed by atoms with Crippen molar-refractivity contribution >= 4 is 39.3 Å². The average molecular weight is 463 g/mol. The number of esters is 1. The first-order valence-electron chi connectivity index (χ1n) is 10.3. The van der Waals surface area contributed by atoms with Crippen molar-refractivity contribution in [1.82, 2.24) is 9.29 Å². The lowest BCUT2D eigenvalue weighted by molar-refractivity contribution is 0.0518. The van der Waals surface area contributed by atoms with E-state index in [1.807, 2.05) is 19.1 Å². The van der Waals surface area contributed by atoms with E-state index in [1.54, 1.807) is 43.3 Å². The molecule has 1 N–H and O–H groups in total. The molecule has 0 amide bonds. The van der Waals surface area contributed by atoms with Gasteiger partial charge in [0, 0.05) is 5.39 Å². The molecular weight excluding hydrogens is 436 g/mol. The second kappa shape index (κ2) is 9.42. The smallest absolute Gasteiger partial charge is 0.356 e. The lowest BCUT2D eigenvalue weighted by Crippen LogP contribution is -2.26. The highest BCUT2D eigenvalue weighted by Crippen LogP contribution is 2.32. The van der Waals surface area contributed by atoms with Gasteiger partial charge in [0.25, 0.3) is 10.0 Å². The SMILES string of the molecule is CCOC(=O)c1cc2cc(C3CCNCC3)ccc2n1S(=O)(=O)c1ccc(C)cc1.Cl. The van der Waals surface area contributed by atoms with Gasteiger partial charge in [-0.15, -0.1) is 12.4 Å². The molecule has 2 aromatic carbocycles. The molecule has 8 heteroatoms. The first kappa shape index (κ1) is 23.3. The van der Waals surface area contributed by atoms with Crippen LogP contribution in [0.4, 0.5) is 0 Å². The van der Waals surface area contributed by atoms with E-state index in [9.17, 15) is 13.2 Å². The minimum atomic E-state index is -3.96. The zero-order valence-corrected chi connectivity index (χ0v) is 19.3. The van der Waals surface area contributed by atoms with Gasteiger partial charge in [-0.3, -0.25) is 0 Å². The van der Waals surface area contributed by atoms with Gasteiger partial charge in [0.1, 0.15) is 5.69 Å². The fourth-order valence-electron chi connectivity index (χ4n) is 4.04. The molecule has 1 aromatic heterocycles. The lowest BCUT2D eigenvalue weighted by atomic mass is 9.90. The predicted molar refractivity (Wildman–Crippen MR) is 124 cm³/mol. The molecule has 0 saturated carbocycles. The first-order chi connectivity index (χ1) is 14.4. The number of aryl methyl sites for hydroxylation is 1. The molecule has 0 aliphatic carbocycles. The molecule has 3 aromatic rings. The van der Waals surface area contributed by atoms with Gasteiger partial charge in [0.2, 0.25) is 0 Å². The van der Waals surface area contributed by atoms with Crippen molar-refractivity contribution in [3.63, 3.8) is 0 Å². The number of nitrogens with zero attached hydrogens (tertiary/aromatic N) is 1. The molecule has 0 spiro atoms. The van der Waals surface area contributed by atoms with Crippen molar-refractivity contribution in [2.75, 3.05) is 19.7 Å². The van der Waals surface area contributed by atoms with Gasteiger partial charge in [0.15, 0.2) is 0 Å². The van der Waals surface area contributed by atoms with Crippen LogP contribution in [0.2, 0.25) is 0 Å². The Balaban J connectivity index is 0.00000272. The maximum absolute atomic E-state index is 13.5. The summed E-state index contributed by atoms with van der Waals surface area (Å²) in [7, 11) is -3.96. The van der Waals surface area contributed by atoms with Crippen molar-refractivity contribution in [2.45, 2.75) is 37.5 Å². The number of piperidine rings is 1. The molecular formula is C23H27ClN2O4S. The van der Waals surface area contributed by atoms with Gasteiger partial charge in [-0.2, -0.15) is 0 Å². The van der Waals surface area contributed by atoms with Gasteiger partial charge in [0.05, 0.1) is 17.0 Å². The third-order valence-electron chi connectivity index (χ3n) is 5.64. The average Bonchev–Trinajstić information content (AvgIpc) is 3.14. The molecule has 2 heterocycles. The van der Waals surface area contributed by atoms with Gasteiger partial charge in [-0.25, -0.2) is 17.2 Å². The van der Waals surface area contributed by atoms with Crippen LogP contribution < -0.4 is 5.32 Å². The quantitative estimate of drug-likeness (QED) is 0.573. The Morgan fingerprint density at radius 1 is 1.10 bits per heavy atom. The zero-order valence-electron chi connectivity index (χ0n) is 17.6. The Morgan fingerprint density at radius 3 is 2.42 bits per heavy atom. The third kappa shape index (κ3) is 4.49. The van der Waals surface area contributed by atoms with Gasteiger partial charge in [-0.05, 0) is 81.6 Å². The van der Waals surface area contributed by atoms with Crippen molar-refractivity contribution < 1.29 is 17.9 Å². The van der Waals surface area contributed by atoms with Gasteiger partial charge in [-0.1, -0.05) is 23.8 Å². The molecule has 4 rings (SSSR count). The molecule has 0 unspecified atom stereocenters. The van der Waals surface area contributed by atoms with Crippen molar-refractivity contribution in [3.05, 3.63) is 65.4 Å². The topological polar surface area (TPSA) is 77.4 Å². The van der Waals surface area contributed by atoms with Crippen molar-refractivity contribution in [3.8, 4) is 0 Å². The van der Waals surface area contributed by atoms with E-state index in [2.05, 4.69) is 5.32 Å². The lowest BCUT2D eigenvalue weighted by Gasteiger charge is -2.23. The van der Waals surface area contributed by atoms with Crippen LogP contribution >= 0.6 is 12.4 Å². The number of halogens is 1.